The molecule has 2 aliphatic rings. The number of H-pyrrole nitrogens is 1. The molecule has 0 saturated carbocycles. The molecule has 0 spiro atoms. The Morgan fingerprint density at radius 1 is 0.964 bits per heavy atom. The van der Waals surface area contributed by atoms with Crippen molar-refractivity contribution >= 4 is 11.7 Å². The molecule has 3 N–H and O–H groups in total. The molecule has 5 heteroatoms. The van der Waals surface area contributed by atoms with Crippen molar-refractivity contribution in [2.75, 3.05) is 6.54 Å². The molecule has 1 aromatic carbocycles. The first-order valence-corrected chi connectivity index (χ1v) is 9.77. The maximum atomic E-state index is 11.0. The Morgan fingerprint density at radius 2 is 1.61 bits per heavy atom. The number of aliphatic imine (C=N–C) groups is 1. The summed E-state index contributed by atoms with van der Waals surface area (Å²) in [6, 6.07) is 11.0. The predicted octanol–water partition coefficient (Wildman–Crippen LogP) is 4.83. The molecule has 1 aliphatic heterocycles. The van der Waals surface area contributed by atoms with Gasteiger partial charge in [0.05, 0.1) is 29.2 Å². The number of nitrogens with zero attached hydrogens (tertiary/aromatic N) is 1. The van der Waals surface area contributed by atoms with Crippen LogP contribution in [-0.2, 0) is 0 Å². The molecule has 0 unspecified atom stereocenters. The minimum absolute atomic E-state index is 0.0611. The monoisotopic (exact) mass is 377 g/mol. The topological polar surface area (TPSA) is 77.5 Å². The van der Waals surface area contributed by atoms with Crippen LogP contribution in [0.1, 0.15) is 56.6 Å². The van der Waals surface area contributed by atoms with Crippen LogP contribution >= 0.6 is 0 Å². The fourth-order valence-corrected chi connectivity index (χ4v) is 4.08. The summed E-state index contributed by atoms with van der Waals surface area (Å²) >= 11 is 0. The van der Waals surface area contributed by atoms with Crippen LogP contribution in [-0.4, -0.2) is 28.3 Å². The largest absolute Gasteiger partial charge is 0.478 e. The quantitative estimate of drug-likeness (QED) is 0.717. The van der Waals surface area contributed by atoms with Crippen LogP contribution in [0, 0.1) is 10.8 Å². The van der Waals surface area contributed by atoms with Crippen LogP contribution in [0.4, 0.5) is 0 Å². The number of aromatic amines is 1. The van der Waals surface area contributed by atoms with Gasteiger partial charge < -0.3 is 15.4 Å². The Bertz CT molecular complexity index is 991. The van der Waals surface area contributed by atoms with E-state index in [0.29, 0.717) is 6.54 Å². The van der Waals surface area contributed by atoms with E-state index in [-0.39, 0.29) is 16.4 Å². The summed E-state index contributed by atoms with van der Waals surface area (Å²) in [6.45, 7) is 9.83. The van der Waals surface area contributed by atoms with Crippen molar-refractivity contribution in [1.82, 2.24) is 10.3 Å². The van der Waals surface area contributed by atoms with Crippen molar-refractivity contribution < 1.29 is 9.90 Å². The number of carbonyl (C=O) groups is 1. The number of carboxylic acids is 1. The summed E-state index contributed by atoms with van der Waals surface area (Å²) in [6.07, 6.45) is 2.29. The number of hydrogen-bond donors (Lipinski definition) is 3. The molecule has 0 atom stereocenters. The molecule has 28 heavy (non-hydrogen) atoms. The number of rotatable bonds is 3. The van der Waals surface area contributed by atoms with Gasteiger partial charge in [0, 0.05) is 22.2 Å². The van der Waals surface area contributed by atoms with Gasteiger partial charge in [-0.15, -0.1) is 0 Å². The van der Waals surface area contributed by atoms with E-state index < -0.39 is 5.97 Å². The molecule has 0 radical (unpaired) electrons. The third kappa shape index (κ3) is 3.15. The standard InChI is InChI=1S/C23H27N3O2/c1-22(2)11-12-23(3,4)20-19(22)24-13-18(26-20)17-10-9-16(25-17)14-5-7-15(8-6-14)21(27)28/h5-10,24-25H,11-13H2,1-4H3,(H,27,28). The Kier molecular flexibility index (Phi) is 4.21. The average molecular weight is 377 g/mol. The highest BCUT2D eigenvalue weighted by Gasteiger charge is 2.41. The van der Waals surface area contributed by atoms with Gasteiger partial charge in [-0.05, 0) is 42.7 Å². The Hall–Kier alpha value is -2.82. The second kappa shape index (κ2) is 6.36. The number of benzene rings is 1. The molecule has 0 bridgehead atoms. The van der Waals surface area contributed by atoms with Gasteiger partial charge in [0.1, 0.15) is 0 Å². The number of nitrogens with one attached hydrogen (secondary N) is 2. The molecule has 1 aromatic heterocycles. The van der Waals surface area contributed by atoms with Crippen LogP contribution in [0.25, 0.3) is 11.3 Å². The van der Waals surface area contributed by atoms with Crippen molar-refractivity contribution in [2.24, 2.45) is 15.8 Å². The van der Waals surface area contributed by atoms with Crippen molar-refractivity contribution in [2.45, 2.75) is 40.5 Å². The van der Waals surface area contributed by atoms with E-state index in [1.165, 1.54) is 11.4 Å². The molecule has 146 valence electrons. The van der Waals surface area contributed by atoms with E-state index in [1.54, 1.807) is 12.1 Å². The van der Waals surface area contributed by atoms with E-state index >= 15 is 0 Å². The molecule has 0 amide bonds. The number of aromatic carboxylic acids is 1. The Morgan fingerprint density at radius 3 is 2.29 bits per heavy atom. The Balaban J connectivity index is 1.67. The van der Waals surface area contributed by atoms with E-state index in [0.717, 1.165) is 35.5 Å². The third-order valence-electron chi connectivity index (χ3n) is 6.05. The first kappa shape index (κ1) is 18.5. The van der Waals surface area contributed by atoms with Crippen LogP contribution in [0.15, 0.2) is 52.8 Å². The minimum atomic E-state index is -0.913. The van der Waals surface area contributed by atoms with Gasteiger partial charge in [-0.1, -0.05) is 39.8 Å². The number of allylic oxidation sites excluding steroid dienone is 2. The van der Waals surface area contributed by atoms with Gasteiger partial charge in [0.15, 0.2) is 0 Å². The summed E-state index contributed by atoms with van der Waals surface area (Å²) in [7, 11) is 0. The van der Waals surface area contributed by atoms with Gasteiger partial charge in [0.25, 0.3) is 0 Å². The molecule has 5 nitrogen and oxygen atoms in total. The van der Waals surface area contributed by atoms with Crippen molar-refractivity contribution in [3.8, 4) is 11.3 Å². The molecule has 4 rings (SSSR count). The normalized spacial score (nSPS) is 20.2. The van der Waals surface area contributed by atoms with Gasteiger partial charge in [-0.25, -0.2) is 4.79 Å². The van der Waals surface area contributed by atoms with E-state index in [4.69, 9.17) is 10.1 Å². The maximum Gasteiger partial charge on any atom is 0.335 e. The van der Waals surface area contributed by atoms with Crippen LogP contribution < -0.4 is 5.32 Å². The zero-order chi connectivity index (χ0) is 20.1. The molecule has 0 saturated heterocycles. The molecule has 2 aromatic rings. The predicted molar refractivity (Wildman–Crippen MR) is 112 cm³/mol. The maximum absolute atomic E-state index is 11.0. The lowest BCUT2D eigenvalue weighted by Crippen LogP contribution is -2.42. The van der Waals surface area contributed by atoms with E-state index in [2.05, 4.69) is 38.0 Å². The summed E-state index contributed by atoms with van der Waals surface area (Å²) in [5.74, 6) is -0.913. The lowest BCUT2D eigenvalue weighted by Gasteiger charge is -2.44. The first-order chi connectivity index (χ1) is 13.2. The zero-order valence-corrected chi connectivity index (χ0v) is 16.9. The SMILES string of the molecule is CC1(C)CCC(C)(C)C2=C1N=C(c1ccc(-c3ccc(C(=O)O)cc3)[nH]1)CN2. The van der Waals surface area contributed by atoms with E-state index in [9.17, 15) is 4.79 Å². The van der Waals surface area contributed by atoms with Gasteiger partial charge >= 0.3 is 5.97 Å². The second-order valence-electron chi connectivity index (χ2n) is 9.07. The van der Waals surface area contributed by atoms with Gasteiger partial charge in [0.2, 0.25) is 0 Å². The molecule has 0 fully saturated rings. The smallest absolute Gasteiger partial charge is 0.335 e. The second-order valence-corrected chi connectivity index (χ2v) is 9.07. The lowest BCUT2D eigenvalue weighted by atomic mass is 9.67. The number of hydrogen-bond acceptors (Lipinski definition) is 3. The minimum Gasteiger partial charge on any atom is -0.478 e. The molecule has 1 aliphatic carbocycles. The summed E-state index contributed by atoms with van der Waals surface area (Å²) in [5, 5.41) is 12.7. The van der Waals surface area contributed by atoms with Crippen LogP contribution in [0.5, 0.6) is 0 Å². The van der Waals surface area contributed by atoms with Crippen LogP contribution in [0.2, 0.25) is 0 Å². The number of aromatic nitrogens is 1. The highest BCUT2D eigenvalue weighted by atomic mass is 16.4. The van der Waals surface area contributed by atoms with Crippen molar-refractivity contribution in [3.63, 3.8) is 0 Å². The molecule has 2 heterocycles. The first-order valence-electron chi connectivity index (χ1n) is 9.77. The Labute approximate surface area is 165 Å². The third-order valence-corrected chi connectivity index (χ3v) is 6.05. The van der Waals surface area contributed by atoms with Crippen molar-refractivity contribution in [1.29, 1.82) is 0 Å². The number of carboxylic acid groups (broad SMARTS) is 1. The highest BCUT2D eigenvalue weighted by molar-refractivity contribution is 6.02. The summed E-state index contributed by atoms with van der Waals surface area (Å²) < 4.78 is 0. The molecular weight excluding hydrogens is 350 g/mol. The molecular formula is C23H27N3O2. The van der Waals surface area contributed by atoms with Gasteiger partial charge in [-0.2, -0.15) is 0 Å². The average Bonchev–Trinajstić information content (AvgIpc) is 3.15. The summed E-state index contributed by atoms with van der Waals surface area (Å²) in [5.41, 5.74) is 6.86. The van der Waals surface area contributed by atoms with Crippen molar-refractivity contribution in [3.05, 3.63) is 59.0 Å². The zero-order valence-electron chi connectivity index (χ0n) is 16.9. The lowest BCUT2D eigenvalue weighted by molar-refractivity contribution is 0.0697. The van der Waals surface area contributed by atoms with Gasteiger partial charge in [-0.3, -0.25) is 4.99 Å². The summed E-state index contributed by atoms with van der Waals surface area (Å²) in [4.78, 5) is 19.6. The van der Waals surface area contributed by atoms with Crippen LogP contribution in [0.3, 0.4) is 0 Å². The fourth-order valence-electron chi connectivity index (χ4n) is 4.08. The van der Waals surface area contributed by atoms with E-state index in [1.807, 2.05) is 24.3 Å². The fraction of sp³-hybridized carbons (Fsp3) is 0.391. The highest BCUT2D eigenvalue weighted by Crippen LogP contribution is 2.49.